The first-order valence-electron chi connectivity index (χ1n) is 12.1. The molecule has 0 aliphatic rings. The third-order valence-electron chi connectivity index (χ3n) is 5.85. The Bertz CT molecular complexity index is 1350. The molecule has 3 rings (SSSR count). The van der Waals surface area contributed by atoms with E-state index >= 15 is 0 Å². The van der Waals surface area contributed by atoms with Crippen LogP contribution in [0.15, 0.2) is 88.2 Å². The molecule has 3 aromatic carbocycles. The number of hydrogen-bond donors (Lipinski definition) is 1. The summed E-state index contributed by atoms with van der Waals surface area (Å²) in [6.07, 6.45) is 0. The highest BCUT2D eigenvalue weighted by molar-refractivity contribution is 9.10. The number of amides is 2. The molecule has 0 fully saturated rings. The highest BCUT2D eigenvalue weighted by atomic mass is 79.9. The van der Waals surface area contributed by atoms with Crippen LogP contribution >= 0.6 is 15.9 Å². The van der Waals surface area contributed by atoms with E-state index in [0.717, 1.165) is 20.4 Å². The average Bonchev–Trinajstić information content (AvgIpc) is 2.90. The number of sulfonamides is 1. The van der Waals surface area contributed by atoms with Crippen molar-refractivity contribution in [2.45, 2.75) is 38.3 Å². The standard InChI is InChI=1S/C28H31BrFN3O4S/c1-20(2)17-31-28(35)21(3)32(18-22-13-15-23(29)16-14-22)27(34)19-33(26-12-8-7-11-25(26)30)38(36,37)24-9-5-4-6-10-24/h4-16,20-21H,17-19H2,1-3H3,(H,31,35)/t21-/m1/s1. The van der Waals surface area contributed by atoms with Crippen LogP contribution in [0.2, 0.25) is 0 Å². The van der Waals surface area contributed by atoms with Crippen molar-refractivity contribution in [3.05, 3.63) is 94.7 Å². The summed E-state index contributed by atoms with van der Waals surface area (Å²) in [5.74, 6) is -1.60. The summed E-state index contributed by atoms with van der Waals surface area (Å²) in [5, 5.41) is 2.83. The number of benzene rings is 3. The molecule has 38 heavy (non-hydrogen) atoms. The second-order valence-electron chi connectivity index (χ2n) is 9.24. The first kappa shape index (κ1) is 29.3. The summed E-state index contributed by atoms with van der Waals surface area (Å²) < 4.78 is 43.7. The van der Waals surface area contributed by atoms with Crippen LogP contribution in [0.25, 0.3) is 0 Å². The van der Waals surface area contributed by atoms with E-state index in [1.807, 2.05) is 26.0 Å². The SMILES string of the molecule is CC(C)CNC(=O)[C@@H](C)N(Cc1ccc(Br)cc1)C(=O)CN(c1ccccc1F)S(=O)(=O)c1ccccc1. The molecule has 0 unspecified atom stereocenters. The fourth-order valence-electron chi connectivity index (χ4n) is 3.71. The molecule has 0 bridgehead atoms. The highest BCUT2D eigenvalue weighted by Crippen LogP contribution is 2.27. The monoisotopic (exact) mass is 603 g/mol. The van der Waals surface area contributed by atoms with Crippen LogP contribution in [-0.2, 0) is 26.2 Å². The lowest BCUT2D eigenvalue weighted by molar-refractivity contribution is -0.139. The number of para-hydroxylation sites is 1. The van der Waals surface area contributed by atoms with Crippen molar-refractivity contribution in [2.24, 2.45) is 5.92 Å². The minimum atomic E-state index is -4.31. The zero-order valence-corrected chi connectivity index (χ0v) is 23.9. The van der Waals surface area contributed by atoms with Crippen LogP contribution in [0.4, 0.5) is 10.1 Å². The summed E-state index contributed by atoms with van der Waals surface area (Å²) >= 11 is 3.38. The molecule has 0 saturated heterocycles. The van der Waals surface area contributed by atoms with E-state index in [2.05, 4.69) is 21.2 Å². The van der Waals surface area contributed by atoms with Crippen molar-refractivity contribution in [1.29, 1.82) is 0 Å². The first-order chi connectivity index (χ1) is 18.0. The molecule has 10 heteroatoms. The fourth-order valence-corrected chi connectivity index (χ4v) is 5.42. The van der Waals surface area contributed by atoms with Gasteiger partial charge in [0.2, 0.25) is 11.8 Å². The lowest BCUT2D eigenvalue weighted by Crippen LogP contribution is -2.51. The average molecular weight is 605 g/mol. The lowest BCUT2D eigenvalue weighted by atomic mass is 10.1. The van der Waals surface area contributed by atoms with E-state index in [-0.39, 0.29) is 29.0 Å². The van der Waals surface area contributed by atoms with Crippen molar-refractivity contribution in [2.75, 3.05) is 17.4 Å². The second kappa shape index (κ2) is 13.0. The first-order valence-corrected chi connectivity index (χ1v) is 14.4. The normalized spacial score (nSPS) is 12.2. The molecule has 2 amide bonds. The summed E-state index contributed by atoms with van der Waals surface area (Å²) in [5.41, 5.74) is 0.485. The molecule has 3 aromatic rings. The Labute approximate surface area is 231 Å². The number of nitrogens with one attached hydrogen (secondary N) is 1. The molecule has 0 spiro atoms. The van der Waals surface area contributed by atoms with Crippen LogP contribution in [0.1, 0.15) is 26.3 Å². The molecule has 0 radical (unpaired) electrons. The van der Waals surface area contributed by atoms with Gasteiger partial charge in [0.05, 0.1) is 10.6 Å². The summed E-state index contributed by atoms with van der Waals surface area (Å²) in [6, 6.07) is 19.2. The zero-order valence-electron chi connectivity index (χ0n) is 21.5. The maximum atomic E-state index is 14.9. The van der Waals surface area contributed by atoms with Gasteiger partial charge in [0.15, 0.2) is 0 Å². The largest absolute Gasteiger partial charge is 0.354 e. The fraction of sp³-hybridized carbons (Fsp3) is 0.286. The Kier molecular flexibility index (Phi) is 10.0. The summed E-state index contributed by atoms with van der Waals surface area (Å²) in [6.45, 7) is 5.28. The van der Waals surface area contributed by atoms with E-state index < -0.39 is 34.3 Å². The molecular weight excluding hydrogens is 573 g/mol. The van der Waals surface area contributed by atoms with Crippen molar-refractivity contribution < 1.29 is 22.4 Å². The van der Waals surface area contributed by atoms with Crippen molar-refractivity contribution in [3.63, 3.8) is 0 Å². The minimum absolute atomic E-state index is 0.0544. The van der Waals surface area contributed by atoms with Gasteiger partial charge in [0.1, 0.15) is 18.4 Å². The zero-order chi connectivity index (χ0) is 27.9. The van der Waals surface area contributed by atoms with E-state index in [4.69, 9.17) is 0 Å². The van der Waals surface area contributed by atoms with Crippen LogP contribution in [-0.4, -0.2) is 44.3 Å². The molecule has 0 saturated carbocycles. The van der Waals surface area contributed by atoms with Gasteiger partial charge in [-0.1, -0.05) is 72.2 Å². The van der Waals surface area contributed by atoms with Gasteiger partial charge in [-0.2, -0.15) is 0 Å². The van der Waals surface area contributed by atoms with Crippen LogP contribution in [0, 0.1) is 11.7 Å². The Morgan fingerprint density at radius 3 is 2.13 bits per heavy atom. The molecule has 0 aromatic heterocycles. The van der Waals surface area contributed by atoms with Gasteiger partial charge in [0.25, 0.3) is 10.0 Å². The number of anilines is 1. The van der Waals surface area contributed by atoms with Crippen LogP contribution in [0.5, 0.6) is 0 Å². The predicted molar refractivity (Wildman–Crippen MR) is 149 cm³/mol. The molecule has 0 aliphatic carbocycles. The van der Waals surface area contributed by atoms with Crippen molar-refractivity contribution in [1.82, 2.24) is 10.2 Å². The molecule has 1 atom stereocenters. The molecule has 0 heterocycles. The topological polar surface area (TPSA) is 86.8 Å². The van der Waals surface area contributed by atoms with E-state index in [1.165, 1.54) is 35.2 Å². The number of carbonyl (C=O) groups is 2. The Morgan fingerprint density at radius 2 is 1.53 bits per heavy atom. The molecule has 1 N–H and O–H groups in total. The van der Waals surface area contributed by atoms with Crippen molar-refractivity contribution in [3.8, 4) is 0 Å². The van der Waals surface area contributed by atoms with Gasteiger partial charge in [-0.25, -0.2) is 12.8 Å². The number of carbonyl (C=O) groups excluding carboxylic acids is 2. The van der Waals surface area contributed by atoms with Gasteiger partial charge in [-0.3, -0.25) is 13.9 Å². The summed E-state index contributed by atoms with van der Waals surface area (Å²) in [7, 11) is -4.31. The Balaban J connectivity index is 2.00. The van der Waals surface area contributed by atoms with E-state index in [9.17, 15) is 22.4 Å². The highest BCUT2D eigenvalue weighted by Gasteiger charge is 2.33. The van der Waals surface area contributed by atoms with Crippen LogP contribution in [0.3, 0.4) is 0 Å². The third kappa shape index (κ3) is 7.41. The van der Waals surface area contributed by atoms with Crippen LogP contribution < -0.4 is 9.62 Å². The Morgan fingerprint density at radius 1 is 0.921 bits per heavy atom. The third-order valence-corrected chi connectivity index (χ3v) is 8.15. The number of hydrogen-bond acceptors (Lipinski definition) is 4. The summed E-state index contributed by atoms with van der Waals surface area (Å²) in [4.78, 5) is 28.0. The number of halogens is 2. The predicted octanol–water partition coefficient (Wildman–Crippen LogP) is 4.97. The second-order valence-corrected chi connectivity index (χ2v) is 12.0. The molecular formula is C28H31BrFN3O4S. The minimum Gasteiger partial charge on any atom is -0.354 e. The van der Waals surface area contributed by atoms with Crippen molar-refractivity contribution >= 4 is 43.5 Å². The molecule has 7 nitrogen and oxygen atoms in total. The van der Waals surface area contributed by atoms with E-state index in [0.29, 0.717) is 6.54 Å². The van der Waals surface area contributed by atoms with E-state index in [1.54, 1.807) is 37.3 Å². The lowest BCUT2D eigenvalue weighted by Gasteiger charge is -2.32. The Hall–Kier alpha value is -3.24. The van der Waals surface area contributed by atoms with Gasteiger partial charge in [0, 0.05) is 17.6 Å². The van der Waals surface area contributed by atoms with Gasteiger partial charge in [-0.15, -0.1) is 0 Å². The number of nitrogens with zero attached hydrogens (tertiary/aromatic N) is 2. The maximum Gasteiger partial charge on any atom is 0.264 e. The van der Waals surface area contributed by atoms with Gasteiger partial charge in [-0.05, 0) is 54.8 Å². The smallest absolute Gasteiger partial charge is 0.264 e. The van der Waals surface area contributed by atoms with Gasteiger partial charge < -0.3 is 10.2 Å². The van der Waals surface area contributed by atoms with Gasteiger partial charge >= 0.3 is 0 Å². The quantitative estimate of drug-likeness (QED) is 0.335. The number of rotatable bonds is 11. The maximum absolute atomic E-state index is 14.9. The molecule has 202 valence electrons. The molecule has 0 aliphatic heterocycles.